The van der Waals surface area contributed by atoms with Gasteiger partial charge in [0.2, 0.25) is 0 Å². The van der Waals surface area contributed by atoms with Gasteiger partial charge >= 0.3 is 0 Å². The molecule has 1 unspecified atom stereocenters. The van der Waals surface area contributed by atoms with Gasteiger partial charge in [-0.25, -0.2) is 9.97 Å². The third kappa shape index (κ3) is 2.40. The first-order chi connectivity index (χ1) is 8.47. The molecule has 2 N–H and O–H groups in total. The van der Waals surface area contributed by atoms with Crippen molar-refractivity contribution in [1.29, 1.82) is 0 Å². The molecule has 18 heavy (non-hydrogen) atoms. The molecular formula is C14H23N3O. The van der Waals surface area contributed by atoms with E-state index < -0.39 is 5.60 Å². The Morgan fingerprint density at radius 3 is 2.72 bits per heavy atom. The zero-order chi connectivity index (χ0) is 13.3. The maximum Gasteiger partial charge on any atom is 0.160 e. The highest BCUT2D eigenvalue weighted by atomic mass is 16.5. The second kappa shape index (κ2) is 4.94. The molecule has 100 valence electrons. The molecule has 1 aliphatic carbocycles. The Kier molecular flexibility index (Phi) is 3.69. The lowest BCUT2D eigenvalue weighted by atomic mass is 9.85. The largest absolute Gasteiger partial charge is 0.371 e. The predicted octanol–water partition coefficient (Wildman–Crippen LogP) is 1.73. The molecule has 1 aromatic heterocycles. The monoisotopic (exact) mass is 249 g/mol. The van der Waals surface area contributed by atoms with E-state index in [9.17, 15) is 0 Å². The summed E-state index contributed by atoms with van der Waals surface area (Å²) in [5.41, 5.74) is 8.91. The normalized spacial score (nSPS) is 19.7. The average molecular weight is 249 g/mol. The smallest absolute Gasteiger partial charge is 0.160 e. The quantitative estimate of drug-likeness (QED) is 0.886. The molecule has 0 aromatic carbocycles. The lowest BCUT2D eigenvalue weighted by molar-refractivity contribution is 0.0110. The van der Waals surface area contributed by atoms with Crippen LogP contribution in [0.5, 0.6) is 0 Å². The van der Waals surface area contributed by atoms with Crippen LogP contribution in [-0.2, 0) is 23.2 Å². The SMILES string of the molecule is COC(C)(C)c1nc(C)c2c(n1)CCC(CN)C2. The number of nitrogens with two attached hydrogens (primary N) is 1. The second-order valence-corrected chi connectivity index (χ2v) is 5.62. The van der Waals surface area contributed by atoms with Gasteiger partial charge < -0.3 is 10.5 Å². The van der Waals surface area contributed by atoms with Gasteiger partial charge in [0, 0.05) is 18.5 Å². The highest BCUT2D eigenvalue weighted by Crippen LogP contribution is 2.28. The number of aryl methyl sites for hydroxylation is 2. The van der Waals surface area contributed by atoms with Crippen molar-refractivity contribution in [3.05, 3.63) is 22.8 Å². The second-order valence-electron chi connectivity index (χ2n) is 5.62. The van der Waals surface area contributed by atoms with Gasteiger partial charge in [0.1, 0.15) is 5.60 Å². The number of hydrogen-bond donors (Lipinski definition) is 1. The molecule has 0 radical (unpaired) electrons. The molecule has 4 nitrogen and oxygen atoms in total. The van der Waals surface area contributed by atoms with Gasteiger partial charge in [-0.2, -0.15) is 0 Å². The molecule has 1 aliphatic rings. The highest BCUT2D eigenvalue weighted by molar-refractivity contribution is 5.29. The Balaban J connectivity index is 2.39. The number of nitrogens with zero attached hydrogens (tertiary/aromatic N) is 2. The molecule has 0 bridgehead atoms. The van der Waals surface area contributed by atoms with Gasteiger partial charge in [-0.3, -0.25) is 0 Å². The molecule has 4 heteroatoms. The molecule has 0 saturated heterocycles. The van der Waals surface area contributed by atoms with Crippen molar-refractivity contribution in [1.82, 2.24) is 9.97 Å². The first-order valence-electron chi connectivity index (χ1n) is 6.60. The summed E-state index contributed by atoms with van der Waals surface area (Å²) in [5, 5.41) is 0. The van der Waals surface area contributed by atoms with Crippen LogP contribution in [0.15, 0.2) is 0 Å². The van der Waals surface area contributed by atoms with Crippen LogP contribution in [-0.4, -0.2) is 23.6 Å². The molecule has 1 aromatic rings. The van der Waals surface area contributed by atoms with Crippen LogP contribution in [0.25, 0.3) is 0 Å². The van der Waals surface area contributed by atoms with Crippen molar-refractivity contribution in [2.75, 3.05) is 13.7 Å². The minimum atomic E-state index is -0.426. The summed E-state index contributed by atoms with van der Waals surface area (Å²) in [7, 11) is 1.70. The summed E-state index contributed by atoms with van der Waals surface area (Å²) in [6.45, 7) is 6.82. The van der Waals surface area contributed by atoms with E-state index >= 15 is 0 Å². The van der Waals surface area contributed by atoms with E-state index in [1.165, 1.54) is 11.3 Å². The predicted molar refractivity (Wildman–Crippen MR) is 71.4 cm³/mol. The van der Waals surface area contributed by atoms with Crippen molar-refractivity contribution in [2.45, 2.75) is 45.6 Å². The lowest BCUT2D eigenvalue weighted by Gasteiger charge is -2.27. The Morgan fingerprint density at radius 2 is 2.11 bits per heavy atom. The van der Waals surface area contributed by atoms with Crippen molar-refractivity contribution in [3.8, 4) is 0 Å². The van der Waals surface area contributed by atoms with Crippen LogP contribution >= 0.6 is 0 Å². The van der Waals surface area contributed by atoms with Crippen LogP contribution < -0.4 is 5.73 Å². The van der Waals surface area contributed by atoms with Crippen LogP contribution in [0.1, 0.15) is 43.0 Å². The molecule has 1 heterocycles. The highest BCUT2D eigenvalue weighted by Gasteiger charge is 2.27. The fraction of sp³-hybridized carbons (Fsp3) is 0.714. The molecular weight excluding hydrogens is 226 g/mol. The topological polar surface area (TPSA) is 61.0 Å². The van der Waals surface area contributed by atoms with Gasteiger partial charge in [0.15, 0.2) is 5.82 Å². The van der Waals surface area contributed by atoms with E-state index in [0.29, 0.717) is 5.92 Å². The van der Waals surface area contributed by atoms with Crippen molar-refractivity contribution in [2.24, 2.45) is 11.7 Å². The van der Waals surface area contributed by atoms with Gasteiger partial charge in [0.05, 0.1) is 0 Å². The summed E-state index contributed by atoms with van der Waals surface area (Å²) in [6.07, 6.45) is 3.16. The first-order valence-corrected chi connectivity index (χ1v) is 6.60. The lowest BCUT2D eigenvalue weighted by Crippen LogP contribution is -2.28. The zero-order valence-corrected chi connectivity index (χ0v) is 11.8. The van der Waals surface area contributed by atoms with Gasteiger partial charge in [-0.15, -0.1) is 0 Å². The minimum absolute atomic E-state index is 0.426. The number of rotatable bonds is 3. The van der Waals surface area contributed by atoms with Crippen LogP contribution in [0.2, 0.25) is 0 Å². The van der Waals surface area contributed by atoms with E-state index in [1.807, 2.05) is 13.8 Å². The van der Waals surface area contributed by atoms with Gasteiger partial charge in [-0.1, -0.05) is 0 Å². The van der Waals surface area contributed by atoms with E-state index in [1.54, 1.807) is 7.11 Å². The molecule has 0 saturated carbocycles. The third-order valence-electron chi connectivity index (χ3n) is 3.96. The summed E-state index contributed by atoms with van der Waals surface area (Å²) in [4.78, 5) is 9.33. The molecule has 0 fully saturated rings. The number of fused-ring (bicyclic) bond motifs is 1. The molecule has 1 atom stereocenters. The number of aromatic nitrogens is 2. The van der Waals surface area contributed by atoms with E-state index in [4.69, 9.17) is 15.5 Å². The number of hydrogen-bond acceptors (Lipinski definition) is 4. The third-order valence-corrected chi connectivity index (χ3v) is 3.96. The van der Waals surface area contributed by atoms with Crippen molar-refractivity contribution < 1.29 is 4.74 Å². The van der Waals surface area contributed by atoms with Crippen LogP contribution in [0.3, 0.4) is 0 Å². The molecule has 0 spiro atoms. The minimum Gasteiger partial charge on any atom is -0.371 e. The molecule has 0 amide bonds. The van der Waals surface area contributed by atoms with Gasteiger partial charge in [-0.05, 0) is 58.1 Å². The van der Waals surface area contributed by atoms with Crippen LogP contribution in [0, 0.1) is 12.8 Å². The fourth-order valence-corrected chi connectivity index (χ4v) is 2.42. The number of ether oxygens (including phenoxy) is 1. The first kappa shape index (κ1) is 13.4. The number of methoxy groups -OCH3 is 1. The maximum absolute atomic E-state index is 5.77. The summed E-state index contributed by atoms with van der Waals surface area (Å²) in [5.74, 6) is 1.37. The van der Waals surface area contributed by atoms with E-state index in [-0.39, 0.29) is 0 Å². The van der Waals surface area contributed by atoms with Crippen molar-refractivity contribution >= 4 is 0 Å². The summed E-state index contributed by atoms with van der Waals surface area (Å²) < 4.78 is 5.47. The van der Waals surface area contributed by atoms with Crippen molar-refractivity contribution in [3.63, 3.8) is 0 Å². The zero-order valence-electron chi connectivity index (χ0n) is 11.8. The average Bonchev–Trinajstić information content (AvgIpc) is 2.38. The Labute approximate surface area is 109 Å². The Hall–Kier alpha value is -1.00. The molecule has 0 aliphatic heterocycles. The fourth-order valence-electron chi connectivity index (χ4n) is 2.42. The maximum atomic E-state index is 5.77. The van der Waals surface area contributed by atoms with E-state index in [0.717, 1.165) is 37.3 Å². The van der Waals surface area contributed by atoms with Gasteiger partial charge in [0.25, 0.3) is 0 Å². The molecule has 2 rings (SSSR count). The summed E-state index contributed by atoms with van der Waals surface area (Å²) >= 11 is 0. The van der Waals surface area contributed by atoms with Crippen LogP contribution in [0.4, 0.5) is 0 Å². The Bertz CT molecular complexity index is 443. The standard InChI is InChI=1S/C14H23N3O/c1-9-11-7-10(8-15)5-6-12(11)17-13(16-9)14(2,3)18-4/h10H,5-8,15H2,1-4H3. The summed E-state index contributed by atoms with van der Waals surface area (Å²) in [6, 6.07) is 0. The Morgan fingerprint density at radius 1 is 1.39 bits per heavy atom. The van der Waals surface area contributed by atoms with E-state index in [2.05, 4.69) is 11.9 Å².